The Balaban J connectivity index is 0.00000242. The van der Waals surface area contributed by atoms with Crippen LogP contribution < -0.4 is 103 Å². The second-order valence-corrected chi connectivity index (χ2v) is 7.54. The van der Waals surface area contributed by atoms with Crippen molar-refractivity contribution in [3.05, 3.63) is 34.9 Å². The minimum Gasteiger partial charge on any atom is -0.747 e. The summed E-state index contributed by atoms with van der Waals surface area (Å²) in [6, 6.07) is 3.85. The summed E-state index contributed by atoms with van der Waals surface area (Å²) >= 11 is 0. The monoisotopic (exact) mass is 410 g/mol. The van der Waals surface area contributed by atoms with Crippen molar-refractivity contribution in [3.63, 3.8) is 0 Å². The largest absolute Gasteiger partial charge is 1.00 e. The first kappa shape index (κ1) is 24.7. The summed E-state index contributed by atoms with van der Waals surface area (Å²) < 4.78 is 67.1. The van der Waals surface area contributed by atoms with Crippen molar-refractivity contribution in [2.45, 2.75) is 17.4 Å². The molecule has 0 radical (unpaired) electrons. The van der Waals surface area contributed by atoms with Gasteiger partial charge < -0.3 is 9.11 Å². The zero-order chi connectivity index (χ0) is 16.2. The molecule has 0 N–H and O–H groups in total. The first-order valence-electron chi connectivity index (χ1n) is 5.53. The third kappa shape index (κ3) is 4.88. The van der Waals surface area contributed by atoms with Crippen LogP contribution in [-0.2, 0) is 20.2 Å². The van der Waals surface area contributed by atoms with Crippen LogP contribution in [0, 0.1) is 6.92 Å². The number of carbonyl (C=O) groups excluding carboxylic acids is 2. The molecule has 0 aliphatic heterocycles. The van der Waals surface area contributed by atoms with Crippen LogP contribution in [0.2, 0.25) is 0 Å². The van der Waals surface area contributed by atoms with E-state index in [-0.39, 0.29) is 119 Å². The SMILES string of the molecule is Cc1cccc2c1C(=O)C(S(=O)(=O)[O-])C(S(=O)(=O)[O-])C2=O.[K+].[K+]. The zero-order valence-electron chi connectivity index (χ0n) is 12.5. The number of Topliss-reactive ketones (excluding diaryl/α,β-unsaturated/α-hetero) is 2. The molecule has 12 heteroatoms. The van der Waals surface area contributed by atoms with Crippen LogP contribution in [0.3, 0.4) is 0 Å². The Morgan fingerprint density at radius 1 is 0.870 bits per heavy atom. The molecule has 0 fully saturated rings. The maximum Gasteiger partial charge on any atom is 1.00 e. The smallest absolute Gasteiger partial charge is 0.747 e. The molecule has 1 aliphatic carbocycles. The van der Waals surface area contributed by atoms with Gasteiger partial charge in [-0.2, -0.15) is 0 Å². The predicted octanol–water partition coefficient (Wildman–Crippen LogP) is -6.79. The molecule has 0 spiro atoms. The van der Waals surface area contributed by atoms with Crippen LogP contribution in [0.15, 0.2) is 18.2 Å². The Morgan fingerprint density at radius 2 is 1.30 bits per heavy atom. The van der Waals surface area contributed by atoms with E-state index in [9.17, 15) is 35.5 Å². The number of ketones is 2. The van der Waals surface area contributed by atoms with Crippen molar-refractivity contribution in [2.75, 3.05) is 0 Å². The van der Waals surface area contributed by atoms with E-state index in [1.165, 1.54) is 19.1 Å². The number of benzene rings is 1. The number of fused-ring (bicyclic) bond motifs is 1. The summed E-state index contributed by atoms with van der Waals surface area (Å²) in [5, 5.41) is -5.50. The van der Waals surface area contributed by atoms with E-state index in [2.05, 4.69) is 0 Å². The molecule has 2 rings (SSSR count). The number of hydrogen-bond acceptors (Lipinski definition) is 8. The molecule has 8 nitrogen and oxygen atoms in total. The number of aryl methyl sites for hydroxylation is 1. The topological polar surface area (TPSA) is 149 Å². The van der Waals surface area contributed by atoms with E-state index in [0.717, 1.165) is 6.07 Å². The summed E-state index contributed by atoms with van der Waals surface area (Å²) in [4.78, 5) is 24.2. The molecule has 0 heterocycles. The van der Waals surface area contributed by atoms with Crippen molar-refractivity contribution in [1.82, 2.24) is 0 Å². The molecule has 0 aromatic heterocycles. The zero-order valence-corrected chi connectivity index (χ0v) is 20.3. The first-order valence-corrected chi connectivity index (χ1v) is 8.48. The van der Waals surface area contributed by atoms with Crippen LogP contribution in [0.5, 0.6) is 0 Å². The fourth-order valence-corrected chi connectivity index (χ4v) is 4.77. The van der Waals surface area contributed by atoms with Gasteiger partial charge in [-0.25, -0.2) is 16.8 Å². The number of rotatable bonds is 2. The van der Waals surface area contributed by atoms with Gasteiger partial charge in [-0.15, -0.1) is 0 Å². The average Bonchev–Trinajstić information content (AvgIpc) is 2.30. The average molecular weight is 411 g/mol. The van der Waals surface area contributed by atoms with Gasteiger partial charge in [0.2, 0.25) is 0 Å². The van der Waals surface area contributed by atoms with Crippen LogP contribution in [-0.4, -0.2) is 48.0 Å². The van der Waals surface area contributed by atoms with Crippen molar-refractivity contribution >= 4 is 31.8 Å². The molecule has 23 heavy (non-hydrogen) atoms. The van der Waals surface area contributed by atoms with E-state index >= 15 is 0 Å². The molecule has 1 aromatic carbocycles. The molecule has 0 saturated carbocycles. The van der Waals surface area contributed by atoms with Crippen LogP contribution in [0.1, 0.15) is 26.3 Å². The third-order valence-corrected chi connectivity index (χ3v) is 5.59. The summed E-state index contributed by atoms with van der Waals surface area (Å²) in [7, 11) is -11.0. The first-order chi connectivity index (χ1) is 9.46. The second kappa shape index (κ2) is 8.56. The van der Waals surface area contributed by atoms with Gasteiger partial charge in [0.25, 0.3) is 0 Å². The number of hydrogen-bond donors (Lipinski definition) is 0. The molecular formula is C11H8K2O8S2. The van der Waals surface area contributed by atoms with Crippen LogP contribution >= 0.6 is 0 Å². The number of carbonyl (C=O) groups is 2. The molecule has 1 aromatic rings. The van der Waals surface area contributed by atoms with Gasteiger partial charge in [0, 0.05) is 11.1 Å². The van der Waals surface area contributed by atoms with Crippen LogP contribution in [0.25, 0.3) is 0 Å². The Morgan fingerprint density at radius 3 is 1.74 bits per heavy atom. The molecule has 1 aliphatic rings. The quantitative estimate of drug-likeness (QED) is 0.345. The van der Waals surface area contributed by atoms with E-state index in [1.54, 1.807) is 0 Å². The van der Waals surface area contributed by atoms with Gasteiger partial charge in [0.15, 0.2) is 11.6 Å². The van der Waals surface area contributed by atoms with Crippen molar-refractivity contribution in [2.24, 2.45) is 0 Å². The Hall–Kier alpha value is 1.65. The Kier molecular flexibility index (Phi) is 9.18. The van der Waals surface area contributed by atoms with Gasteiger partial charge in [-0.05, 0) is 12.5 Å². The normalized spacial score (nSPS) is 21.0. The fraction of sp³-hybridized carbons (Fsp3) is 0.273. The van der Waals surface area contributed by atoms with Gasteiger partial charge in [-0.1, -0.05) is 18.2 Å². The molecule has 0 saturated heterocycles. The summed E-state index contributed by atoms with van der Waals surface area (Å²) in [6.07, 6.45) is 0. The Bertz CT molecular complexity index is 860. The minimum atomic E-state index is -5.50. The molecule has 0 bridgehead atoms. The maximum absolute atomic E-state index is 12.2. The van der Waals surface area contributed by atoms with Crippen molar-refractivity contribution in [3.8, 4) is 0 Å². The van der Waals surface area contributed by atoms with E-state index in [4.69, 9.17) is 0 Å². The van der Waals surface area contributed by atoms with Crippen LogP contribution in [0.4, 0.5) is 0 Å². The van der Waals surface area contributed by atoms with Gasteiger partial charge in [-0.3, -0.25) is 9.59 Å². The summed E-state index contributed by atoms with van der Waals surface area (Å²) in [5.41, 5.74) is -0.502. The molecular weight excluding hydrogens is 402 g/mol. The molecule has 114 valence electrons. The van der Waals surface area contributed by atoms with Gasteiger partial charge in [0.05, 0.1) is 0 Å². The molecule has 0 amide bonds. The van der Waals surface area contributed by atoms with E-state index < -0.39 is 42.3 Å². The minimum absolute atomic E-state index is 0. The van der Waals surface area contributed by atoms with Gasteiger partial charge in [0.1, 0.15) is 30.7 Å². The molecule has 2 unspecified atom stereocenters. The van der Waals surface area contributed by atoms with Crippen molar-refractivity contribution in [1.29, 1.82) is 0 Å². The maximum atomic E-state index is 12.2. The van der Waals surface area contributed by atoms with E-state index in [1.807, 2.05) is 0 Å². The third-order valence-electron chi connectivity index (χ3n) is 3.20. The summed E-state index contributed by atoms with van der Waals surface area (Å²) in [6.45, 7) is 1.39. The predicted molar refractivity (Wildman–Crippen MR) is 66.8 cm³/mol. The summed E-state index contributed by atoms with van der Waals surface area (Å²) in [5.74, 6) is -2.70. The van der Waals surface area contributed by atoms with Crippen molar-refractivity contribution < 1.29 is 138 Å². The van der Waals surface area contributed by atoms with Gasteiger partial charge >= 0.3 is 103 Å². The molecule has 2 atom stereocenters. The van der Waals surface area contributed by atoms with E-state index in [0.29, 0.717) is 0 Å². The second-order valence-electron chi connectivity index (χ2n) is 4.55. The Labute approximate surface area is 218 Å². The standard InChI is InChI=1S/C11H10O8S2.2K/c1-5-3-2-4-6-7(5)9(13)11(21(17,18)19)10(8(6)12)20(14,15)16;;/h2-4,10-11H,1H3,(H,14,15,16)(H,17,18,19);;/q;2*+1/p-2. The fourth-order valence-electron chi connectivity index (χ4n) is 2.34.